The molecule has 0 aromatic heterocycles. The Bertz CT molecular complexity index is 569. The highest BCUT2D eigenvalue weighted by molar-refractivity contribution is 5.74. The predicted molar refractivity (Wildman–Crippen MR) is 128 cm³/mol. The smallest absolute Gasteiger partial charge is 0.320 e. The summed E-state index contributed by atoms with van der Waals surface area (Å²) in [4.78, 5) is 47.4. The van der Waals surface area contributed by atoms with Gasteiger partial charge in [0.1, 0.15) is 0 Å². The number of ether oxygens (including phenoxy) is 1. The van der Waals surface area contributed by atoms with E-state index in [-0.39, 0.29) is 26.2 Å². The third kappa shape index (κ3) is 21.6. The van der Waals surface area contributed by atoms with Gasteiger partial charge >= 0.3 is 23.9 Å². The van der Waals surface area contributed by atoms with Crippen molar-refractivity contribution in [2.75, 3.05) is 45.9 Å². The lowest BCUT2D eigenvalue weighted by Crippen LogP contribution is -2.43. The Hall–Kier alpha value is -2.20. The number of rotatable bonds is 24. The highest BCUT2D eigenvalue weighted by Gasteiger charge is 2.19. The zero-order valence-corrected chi connectivity index (χ0v) is 20.7. The van der Waals surface area contributed by atoms with E-state index in [0.717, 1.165) is 24.2 Å². The largest absolute Gasteiger partial charge is 0.480 e. The Morgan fingerprint density at radius 1 is 0.559 bits per heavy atom. The summed E-state index contributed by atoms with van der Waals surface area (Å²) < 4.78 is 5.21. The maximum atomic E-state index is 12.1. The van der Waals surface area contributed by atoms with Gasteiger partial charge in [-0.1, -0.05) is 77.6 Å². The highest BCUT2D eigenvalue weighted by atomic mass is 16.5. The number of hydrogen-bond donors (Lipinski definition) is 3. The molecule has 0 saturated carbocycles. The third-order valence-corrected chi connectivity index (χ3v) is 5.42. The molecule has 0 fully saturated rings. The van der Waals surface area contributed by atoms with Crippen LogP contribution in [-0.4, -0.2) is 94.9 Å². The van der Waals surface area contributed by atoms with Crippen molar-refractivity contribution in [1.29, 1.82) is 0 Å². The Morgan fingerprint density at radius 2 is 0.912 bits per heavy atom. The molecule has 0 heterocycles. The summed E-state index contributed by atoms with van der Waals surface area (Å²) in [6.07, 6.45) is 14.4. The van der Waals surface area contributed by atoms with Crippen LogP contribution in [0.5, 0.6) is 0 Å². The zero-order chi connectivity index (χ0) is 25.6. The average molecular weight is 489 g/mol. The molecular formula is C24H44N2O8. The second-order valence-corrected chi connectivity index (χ2v) is 8.71. The zero-order valence-electron chi connectivity index (χ0n) is 20.7. The summed E-state index contributed by atoms with van der Waals surface area (Å²) >= 11 is 0. The van der Waals surface area contributed by atoms with E-state index in [9.17, 15) is 19.2 Å². The summed E-state index contributed by atoms with van der Waals surface area (Å²) in [7, 11) is 0. The molecule has 10 nitrogen and oxygen atoms in total. The Morgan fingerprint density at radius 3 is 1.29 bits per heavy atom. The summed E-state index contributed by atoms with van der Waals surface area (Å²) in [5.74, 6) is -4.06. The Balaban J connectivity index is 4.02. The van der Waals surface area contributed by atoms with Crippen molar-refractivity contribution in [2.24, 2.45) is 0 Å². The number of aliphatic carboxylic acids is 3. The number of nitrogens with zero attached hydrogens (tertiary/aromatic N) is 2. The van der Waals surface area contributed by atoms with Crippen LogP contribution in [0, 0.1) is 0 Å². The van der Waals surface area contributed by atoms with Crippen molar-refractivity contribution in [3.05, 3.63) is 0 Å². The normalized spacial score (nSPS) is 11.1. The molecule has 0 atom stereocenters. The molecule has 0 spiro atoms. The van der Waals surface area contributed by atoms with E-state index in [1.54, 1.807) is 0 Å². The van der Waals surface area contributed by atoms with E-state index in [1.807, 2.05) is 0 Å². The maximum absolute atomic E-state index is 12.1. The number of esters is 1. The lowest BCUT2D eigenvalue weighted by atomic mass is 10.1. The van der Waals surface area contributed by atoms with Crippen LogP contribution < -0.4 is 0 Å². The summed E-state index contributed by atoms with van der Waals surface area (Å²) in [5, 5.41) is 26.8. The minimum absolute atomic E-state index is 0.00208. The van der Waals surface area contributed by atoms with Crippen molar-refractivity contribution in [1.82, 2.24) is 9.80 Å². The first-order chi connectivity index (χ1) is 16.2. The van der Waals surface area contributed by atoms with Crippen LogP contribution in [-0.2, 0) is 23.9 Å². The van der Waals surface area contributed by atoms with E-state index in [0.29, 0.717) is 0 Å². The van der Waals surface area contributed by atoms with Crippen molar-refractivity contribution >= 4 is 23.9 Å². The van der Waals surface area contributed by atoms with E-state index < -0.39 is 43.5 Å². The molecule has 0 aromatic rings. The molecule has 0 saturated heterocycles. The van der Waals surface area contributed by atoms with E-state index >= 15 is 0 Å². The van der Waals surface area contributed by atoms with Crippen molar-refractivity contribution in [3.8, 4) is 0 Å². The van der Waals surface area contributed by atoms with Gasteiger partial charge in [-0.3, -0.25) is 29.0 Å². The first kappa shape index (κ1) is 31.8. The average Bonchev–Trinajstić information content (AvgIpc) is 2.74. The first-order valence-corrected chi connectivity index (χ1v) is 12.5. The van der Waals surface area contributed by atoms with Crippen LogP contribution in [0.25, 0.3) is 0 Å². The quantitative estimate of drug-likeness (QED) is 0.137. The third-order valence-electron chi connectivity index (χ3n) is 5.42. The van der Waals surface area contributed by atoms with Gasteiger partial charge in [-0.2, -0.15) is 0 Å². The standard InChI is InChI=1S/C24H44N2O8/c1-2-3-4-5-6-7-8-9-10-11-12-13-16-34-24(33)20-26(19-23(31)32)15-14-25(17-21(27)28)18-22(29)30/h2-20H2,1H3,(H,27,28)(H,29,30)(H,31,32). The minimum Gasteiger partial charge on any atom is -0.480 e. The molecule has 0 aliphatic heterocycles. The van der Waals surface area contributed by atoms with Gasteiger partial charge in [0, 0.05) is 13.1 Å². The number of unbranched alkanes of at least 4 members (excludes halogenated alkanes) is 11. The monoisotopic (exact) mass is 488 g/mol. The summed E-state index contributed by atoms with van der Waals surface area (Å²) in [5.41, 5.74) is 0. The van der Waals surface area contributed by atoms with Crippen LogP contribution in [0.2, 0.25) is 0 Å². The topological polar surface area (TPSA) is 145 Å². The molecule has 198 valence electrons. The van der Waals surface area contributed by atoms with Crippen molar-refractivity contribution < 1.29 is 39.2 Å². The lowest BCUT2D eigenvalue weighted by molar-refractivity contribution is -0.148. The Labute approximate surface area is 203 Å². The van der Waals surface area contributed by atoms with Gasteiger partial charge in [-0.05, 0) is 6.42 Å². The fourth-order valence-corrected chi connectivity index (χ4v) is 3.64. The number of carboxylic acids is 3. The molecule has 34 heavy (non-hydrogen) atoms. The molecule has 0 unspecified atom stereocenters. The van der Waals surface area contributed by atoms with Crippen LogP contribution in [0.1, 0.15) is 84.0 Å². The molecule has 0 radical (unpaired) electrons. The SMILES string of the molecule is CCCCCCCCCCCCCCOC(=O)CN(CCN(CC(=O)O)CC(=O)O)CC(=O)O. The van der Waals surface area contributed by atoms with Gasteiger partial charge in [-0.15, -0.1) is 0 Å². The second kappa shape index (κ2) is 21.3. The fourth-order valence-electron chi connectivity index (χ4n) is 3.64. The summed E-state index contributed by atoms with van der Waals surface area (Å²) in [6, 6.07) is 0. The molecule has 0 aromatic carbocycles. The number of carboxylic acid groups (broad SMARTS) is 3. The molecule has 0 amide bonds. The first-order valence-electron chi connectivity index (χ1n) is 12.5. The second-order valence-electron chi connectivity index (χ2n) is 8.71. The molecule has 0 aliphatic carbocycles. The predicted octanol–water partition coefficient (Wildman–Crippen LogP) is 3.09. The molecule has 0 aliphatic rings. The van der Waals surface area contributed by atoms with Gasteiger partial charge in [-0.25, -0.2) is 0 Å². The molecule has 10 heteroatoms. The van der Waals surface area contributed by atoms with E-state index in [2.05, 4.69) is 6.92 Å². The van der Waals surface area contributed by atoms with Crippen LogP contribution in [0.3, 0.4) is 0 Å². The van der Waals surface area contributed by atoms with Gasteiger partial charge in [0.2, 0.25) is 0 Å². The van der Waals surface area contributed by atoms with E-state index in [4.69, 9.17) is 20.1 Å². The van der Waals surface area contributed by atoms with Crippen LogP contribution >= 0.6 is 0 Å². The van der Waals surface area contributed by atoms with E-state index in [1.165, 1.54) is 62.7 Å². The number of hydrogen-bond acceptors (Lipinski definition) is 7. The Kier molecular flexibility index (Phi) is 20.0. The van der Waals surface area contributed by atoms with Crippen molar-refractivity contribution in [3.63, 3.8) is 0 Å². The number of carbonyl (C=O) groups excluding carboxylic acids is 1. The highest BCUT2D eigenvalue weighted by Crippen LogP contribution is 2.12. The maximum Gasteiger partial charge on any atom is 0.320 e. The van der Waals surface area contributed by atoms with Gasteiger partial charge in [0.05, 0.1) is 32.8 Å². The molecule has 0 bridgehead atoms. The lowest BCUT2D eigenvalue weighted by Gasteiger charge is -2.24. The van der Waals surface area contributed by atoms with Crippen LogP contribution in [0.4, 0.5) is 0 Å². The van der Waals surface area contributed by atoms with Gasteiger partial charge < -0.3 is 20.1 Å². The minimum atomic E-state index is -1.19. The van der Waals surface area contributed by atoms with Crippen LogP contribution in [0.15, 0.2) is 0 Å². The van der Waals surface area contributed by atoms with Crippen molar-refractivity contribution in [2.45, 2.75) is 84.0 Å². The van der Waals surface area contributed by atoms with Gasteiger partial charge in [0.25, 0.3) is 0 Å². The fraction of sp³-hybridized carbons (Fsp3) is 0.833. The molecule has 3 N–H and O–H groups in total. The summed E-state index contributed by atoms with van der Waals surface area (Å²) in [6.45, 7) is 0.870. The molecule has 0 rings (SSSR count). The van der Waals surface area contributed by atoms with Gasteiger partial charge in [0.15, 0.2) is 0 Å². The molecular weight excluding hydrogens is 444 g/mol. The number of carbonyl (C=O) groups is 4.